The van der Waals surface area contributed by atoms with Crippen LogP contribution in [0.3, 0.4) is 0 Å². The van der Waals surface area contributed by atoms with Gasteiger partial charge in [0.05, 0.1) is 6.61 Å². The fraction of sp³-hybridized carbons (Fsp3) is 0.333. The van der Waals surface area contributed by atoms with Crippen molar-refractivity contribution in [1.82, 2.24) is 5.32 Å². The number of nitrogens with one attached hydrogen (secondary N) is 1. The molecule has 0 saturated heterocycles. The highest BCUT2D eigenvalue weighted by molar-refractivity contribution is 5.94. The summed E-state index contributed by atoms with van der Waals surface area (Å²) in [5.41, 5.74) is 0.268. The minimum Gasteiger partial charge on any atom is -0.480 e. The van der Waals surface area contributed by atoms with Gasteiger partial charge in [0.2, 0.25) is 0 Å². The molecule has 0 aliphatic heterocycles. The van der Waals surface area contributed by atoms with Crippen LogP contribution in [0.4, 0.5) is 8.78 Å². The number of rotatable bonds is 8. The van der Waals surface area contributed by atoms with E-state index in [9.17, 15) is 18.4 Å². The third kappa shape index (κ3) is 6.10. The van der Waals surface area contributed by atoms with Crippen LogP contribution in [0, 0.1) is 0 Å². The number of aliphatic carboxylic acids is 1. The maximum atomic E-state index is 11.9. The van der Waals surface area contributed by atoms with E-state index in [1.54, 1.807) is 0 Å². The molecule has 0 aliphatic rings. The molecule has 0 aromatic heterocycles. The van der Waals surface area contributed by atoms with E-state index in [4.69, 9.17) is 9.84 Å². The monoisotopic (exact) mass is 289 g/mol. The summed E-state index contributed by atoms with van der Waals surface area (Å²) in [6, 6.07) is 5.18. The quantitative estimate of drug-likeness (QED) is 0.700. The van der Waals surface area contributed by atoms with Crippen molar-refractivity contribution in [2.45, 2.75) is 6.61 Å². The van der Waals surface area contributed by atoms with Gasteiger partial charge >= 0.3 is 12.6 Å². The molecule has 0 bridgehead atoms. The molecule has 8 heteroatoms. The number of halogens is 2. The minimum atomic E-state index is -2.92. The average Bonchev–Trinajstić information content (AvgIpc) is 2.38. The lowest BCUT2D eigenvalue weighted by Crippen LogP contribution is -2.27. The second-order valence-corrected chi connectivity index (χ2v) is 3.61. The van der Waals surface area contributed by atoms with Crippen molar-refractivity contribution in [3.63, 3.8) is 0 Å². The van der Waals surface area contributed by atoms with E-state index in [2.05, 4.69) is 10.1 Å². The number of amides is 1. The molecule has 1 aromatic carbocycles. The van der Waals surface area contributed by atoms with Gasteiger partial charge in [0, 0.05) is 12.1 Å². The molecule has 1 amide bonds. The number of carbonyl (C=O) groups excluding carboxylic acids is 1. The summed E-state index contributed by atoms with van der Waals surface area (Å²) in [6.45, 7) is -3.15. The van der Waals surface area contributed by atoms with Gasteiger partial charge in [-0.25, -0.2) is 4.79 Å². The Hall–Kier alpha value is -2.22. The molecule has 0 radical (unpaired) electrons. The maximum Gasteiger partial charge on any atom is 0.387 e. The number of hydrogen-bond donors (Lipinski definition) is 2. The van der Waals surface area contributed by atoms with Crippen LogP contribution in [-0.2, 0) is 9.53 Å². The second kappa shape index (κ2) is 8.05. The minimum absolute atomic E-state index is 0.0404. The summed E-state index contributed by atoms with van der Waals surface area (Å²) in [7, 11) is 0. The largest absolute Gasteiger partial charge is 0.480 e. The molecule has 110 valence electrons. The van der Waals surface area contributed by atoms with Gasteiger partial charge in [0.15, 0.2) is 0 Å². The molecular weight excluding hydrogens is 276 g/mol. The lowest BCUT2D eigenvalue weighted by molar-refractivity contribution is -0.142. The van der Waals surface area contributed by atoms with E-state index in [0.717, 1.165) is 0 Å². The van der Waals surface area contributed by atoms with Crippen molar-refractivity contribution in [3.05, 3.63) is 29.8 Å². The first-order chi connectivity index (χ1) is 9.49. The number of ether oxygens (including phenoxy) is 2. The van der Waals surface area contributed by atoms with E-state index < -0.39 is 25.1 Å². The Bertz CT molecular complexity index is 450. The van der Waals surface area contributed by atoms with Crippen LogP contribution in [0.2, 0.25) is 0 Å². The van der Waals surface area contributed by atoms with E-state index in [1.165, 1.54) is 24.3 Å². The molecule has 1 rings (SSSR count). The van der Waals surface area contributed by atoms with E-state index in [1.807, 2.05) is 0 Å². The fourth-order valence-electron chi connectivity index (χ4n) is 1.29. The van der Waals surface area contributed by atoms with E-state index in [0.29, 0.717) is 0 Å². The van der Waals surface area contributed by atoms with Crippen molar-refractivity contribution in [3.8, 4) is 5.75 Å². The summed E-state index contributed by atoms with van der Waals surface area (Å²) in [6.07, 6.45) is 0. The van der Waals surface area contributed by atoms with Gasteiger partial charge in [-0.15, -0.1) is 0 Å². The Morgan fingerprint density at radius 2 is 1.90 bits per heavy atom. The first kappa shape index (κ1) is 15.8. The summed E-state index contributed by atoms with van der Waals surface area (Å²) in [5, 5.41) is 10.8. The Kier molecular flexibility index (Phi) is 6.38. The van der Waals surface area contributed by atoms with Crippen molar-refractivity contribution in [2.24, 2.45) is 0 Å². The zero-order chi connectivity index (χ0) is 15.0. The predicted molar refractivity (Wildman–Crippen MR) is 63.9 cm³/mol. The normalized spacial score (nSPS) is 10.3. The average molecular weight is 289 g/mol. The van der Waals surface area contributed by atoms with Crippen LogP contribution < -0.4 is 10.1 Å². The Balaban J connectivity index is 2.34. The summed E-state index contributed by atoms with van der Waals surface area (Å²) < 4.78 is 32.7. The Morgan fingerprint density at radius 3 is 2.45 bits per heavy atom. The Morgan fingerprint density at radius 1 is 1.25 bits per heavy atom. The van der Waals surface area contributed by atoms with Crippen molar-refractivity contribution in [2.75, 3.05) is 19.8 Å². The number of carbonyl (C=O) groups is 2. The molecule has 0 spiro atoms. The van der Waals surface area contributed by atoms with Crippen LogP contribution in [0.15, 0.2) is 24.3 Å². The third-order valence-electron chi connectivity index (χ3n) is 2.10. The lowest BCUT2D eigenvalue weighted by Gasteiger charge is -2.07. The Labute approximate surface area is 113 Å². The predicted octanol–water partition coefficient (Wildman–Crippen LogP) is 1.12. The number of carboxylic acid groups (broad SMARTS) is 1. The van der Waals surface area contributed by atoms with Crippen LogP contribution in [0.5, 0.6) is 5.75 Å². The molecule has 0 atom stereocenters. The smallest absolute Gasteiger partial charge is 0.387 e. The molecule has 0 fully saturated rings. The fourth-order valence-corrected chi connectivity index (χ4v) is 1.29. The zero-order valence-electron chi connectivity index (χ0n) is 10.3. The molecule has 1 aromatic rings. The number of carboxylic acids is 1. The van der Waals surface area contributed by atoms with Gasteiger partial charge in [-0.2, -0.15) is 8.78 Å². The highest BCUT2D eigenvalue weighted by atomic mass is 19.3. The SMILES string of the molecule is O=C(O)COCCNC(=O)c1ccc(OC(F)F)cc1. The molecule has 2 N–H and O–H groups in total. The molecule has 0 unspecified atom stereocenters. The highest BCUT2D eigenvalue weighted by Gasteiger charge is 2.07. The van der Waals surface area contributed by atoms with Gasteiger partial charge in [0.25, 0.3) is 5.91 Å². The van der Waals surface area contributed by atoms with E-state index >= 15 is 0 Å². The third-order valence-corrected chi connectivity index (χ3v) is 2.10. The zero-order valence-corrected chi connectivity index (χ0v) is 10.3. The molecule has 6 nitrogen and oxygen atoms in total. The van der Waals surface area contributed by atoms with Gasteiger partial charge < -0.3 is 19.9 Å². The first-order valence-corrected chi connectivity index (χ1v) is 5.61. The van der Waals surface area contributed by atoms with Crippen molar-refractivity contribution < 1.29 is 33.0 Å². The summed E-state index contributed by atoms with van der Waals surface area (Å²) in [5.74, 6) is -1.56. The number of alkyl halides is 2. The molecule has 0 aliphatic carbocycles. The molecule has 20 heavy (non-hydrogen) atoms. The lowest BCUT2D eigenvalue weighted by atomic mass is 10.2. The molecule has 0 heterocycles. The van der Waals surface area contributed by atoms with Gasteiger partial charge in [-0.1, -0.05) is 0 Å². The summed E-state index contributed by atoms with van der Waals surface area (Å²) in [4.78, 5) is 21.8. The molecule has 0 saturated carbocycles. The van der Waals surface area contributed by atoms with Crippen LogP contribution in [-0.4, -0.2) is 43.4 Å². The standard InChI is InChI=1S/C12H13F2NO5/c13-12(14)20-9-3-1-8(2-4-9)11(18)15-5-6-19-7-10(16)17/h1-4,12H,5-7H2,(H,15,18)(H,16,17). The van der Waals surface area contributed by atoms with Gasteiger partial charge in [-0.05, 0) is 24.3 Å². The molecular formula is C12H13F2NO5. The second-order valence-electron chi connectivity index (χ2n) is 3.61. The topological polar surface area (TPSA) is 84.9 Å². The van der Waals surface area contributed by atoms with Crippen LogP contribution in [0.25, 0.3) is 0 Å². The van der Waals surface area contributed by atoms with Gasteiger partial charge in [0.1, 0.15) is 12.4 Å². The first-order valence-electron chi connectivity index (χ1n) is 5.61. The van der Waals surface area contributed by atoms with Crippen LogP contribution in [0.1, 0.15) is 10.4 Å². The highest BCUT2D eigenvalue weighted by Crippen LogP contribution is 2.14. The maximum absolute atomic E-state index is 11.9. The van der Waals surface area contributed by atoms with Gasteiger partial charge in [-0.3, -0.25) is 4.79 Å². The number of hydrogen-bond acceptors (Lipinski definition) is 4. The van der Waals surface area contributed by atoms with E-state index in [-0.39, 0.29) is 24.5 Å². The van der Waals surface area contributed by atoms with Crippen molar-refractivity contribution >= 4 is 11.9 Å². The van der Waals surface area contributed by atoms with Crippen LogP contribution >= 0.6 is 0 Å². The van der Waals surface area contributed by atoms with Crippen molar-refractivity contribution in [1.29, 1.82) is 0 Å². The summed E-state index contributed by atoms with van der Waals surface area (Å²) >= 11 is 0. The number of benzene rings is 1.